The molecular weight excluding hydrogens is 310 g/mol. The van der Waals surface area contributed by atoms with Crippen molar-refractivity contribution in [1.82, 2.24) is 14.7 Å². The number of fused-ring (bicyclic) bond motifs is 1. The Kier molecular flexibility index (Phi) is 4.64. The van der Waals surface area contributed by atoms with Gasteiger partial charge in [0.1, 0.15) is 6.04 Å². The lowest BCUT2D eigenvalue weighted by Crippen LogP contribution is -2.55. The lowest BCUT2D eigenvalue weighted by molar-refractivity contribution is -0.136. The fourth-order valence-electron chi connectivity index (χ4n) is 3.27. The van der Waals surface area contributed by atoms with Gasteiger partial charge in [-0.25, -0.2) is 0 Å². The Morgan fingerprint density at radius 2 is 1.62 bits per heavy atom. The summed E-state index contributed by atoms with van der Waals surface area (Å²) in [4.78, 5) is 42.5. The molecule has 128 valence electrons. The van der Waals surface area contributed by atoms with Crippen LogP contribution in [0.25, 0.3) is 0 Å². The van der Waals surface area contributed by atoms with Crippen molar-refractivity contribution < 1.29 is 19.5 Å². The molecule has 0 spiro atoms. The fraction of sp³-hybridized carbons (Fsp3) is 0.471. The Morgan fingerprint density at radius 1 is 1.08 bits per heavy atom. The Hall–Kier alpha value is -2.25. The summed E-state index contributed by atoms with van der Waals surface area (Å²) < 4.78 is 0. The minimum Gasteiger partial charge on any atom is -0.395 e. The van der Waals surface area contributed by atoms with Gasteiger partial charge in [-0.2, -0.15) is 0 Å². The molecule has 0 unspecified atom stereocenters. The van der Waals surface area contributed by atoms with Crippen LogP contribution in [0, 0.1) is 0 Å². The van der Waals surface area contributed by atoms with E-state index in [9.17, 15) is 14.4 Å². The molecule has 2 heterocycles. The van der Waals surface area contributed by atoms with Gasteiger partial charge in [0.05, 0.1) is 17.7 Å². The summed E-state index contributed by atoms with van der Waals surface area (Å²) in [6.07, 6.45) is 0. The number of imide groups is 1. The third-order valence-electron chi connectivity index (χ3n) is 4.67. The number of aliphatic hydroxyl groups is 1. The molecule has 1 saturated heterocycles. The maximum absolute atomic E-state index is 12.7. The number of aliphatic hydroxyl groups excluding tert-OH is 1. The Balaban J connectivity index is 1.69. The number of β-amino-alcohol motifs (C(OH)–C–C–N with tert-alkyl or cyclic N) is 1. The second-order valence-corrected chi connectivity index (χ2v) is 6.09. The van der Waals surface area contributed by atoms with Crippen molar-refractivity contribution in [1.29, 1.82) is 0 Å². The average molecular weight is 331 g/mol. The fourth-order valence-corrected chi connectivity index (χ4v) is 3.27. The summed E-state index contributed by atoms with van der Waals surface area (Å²) >= 11 is 0. The third-order valence-corrected chi connectivity index (χ3v) is 4.67. The van der Waals surface area contributed by atoms with Gasteiger partial charge in [-0.05, 0) is 19.1 Å². The molecule has 3 amide bonds. The van der Waals surface area contributed by atoms with Crippen LogP contribution in [0.3, 0.4) is 0 Å². The molecule has 7 nitrogen and oxygen atoms in total. The first-order chi connectivity index (χ1) is 11.5. The van der Waals surface area contributed by atoms with Crippen LogP contribution in [0.1, 0.15) is 27.6 Å². The number of carbonyl (C=O) groups excluding carboxylic acids is 3. The monoisotopic (exact) mass is 331 g/mol. The number of hydrogen-bond donors (Lipinski definition) is 1. The smallest absolute Gasteiger partial charge is 0.262 e. The Bertz CT molecular complexity index is 633. The van der Waals surface area contributed by atoms with Gasteiger partial charge in [-0.3, -0.25) is 24.2 Å². The van der Waals surface area contributed by atoms with Gasteiger partial charge in [0, 0.05) is 32.7 Å². The van der Waals surface area contributed by atoms with Gasteiger partial charge in [0.2, 0.25) is 5.91 Å². The summed E-state index contributed by atoms with van der Waals surface area (Å²) in [6, 6.07) is 5.82. The number of benzene rings is 1. The number of hydrogen-bond acceptors (Lipinski definition) is 5. The zero-order valence-corrected chi connectivity index (χ0v) is 13.6. The molecule has 2 aliphatic rings. The predicted molar refractivity (Wildman–Crippen MR) is 86.5 cm³/mol. The second kappa shape index (κ2) is 6.70. The second-order valence-electron chi connectivity index (χ2n) is 6.09. The van der Waals surface area contributed by atoms with Crippen LogP contribution in [-0.4, -0.2) is 82.9 Å². The highest BCUT2D eigenvalue weighted by atomic mass is 16.3. The van der Waals surface area contributed by atoms with Gasteiger partial charge in [0.25, 0.3) is 11.8 Å². The average Bonchev–Trinajstić information content (AvgIpc) is 2.86. The van der Waals surface area contributed by atoms with E-state index in [0.717, 1.165) is 4.90 Å². The van der Waals surface area contributed by atoms with Gasteiger partial charge >= 0.3 is 0 Å². The van der Waals surface area contributed by atoms with Crippen molar-refractivity contribution >= 4 is 17.7 Å². The molecule has 1 aromatic rings. The highest BCUT2D eigenvalue weighted by Gasteiger charge is 2.41. The van der Waals surface area contributed by atoms with Crippen LogP contribution in [0.2, 0.25) is 0 Å². The molecule has 0 aliphatic carbocycles. The van der Waals surface area contributed by atoms with Crippen molar-refractivity contribution in [2.45, 2.75) is 13.0 Å². The lowest BCUT2D eigenvalue weighted by atomic mass is 10.1. The number of nitrogens with zero attached hydrogens (tertiary/aromatic N) is 3. The van der Waals surface area contributed by atoms with E-state index in [4.69, 9.17) is 5.11 Å². The largest absolute Gasteiger partial charge is 0.395 e. The van der Waals surface area contributed by atoms with E-state index in [1.807, 2.05) is 0 Å². The first kappa shape index (κ1) is 16.6. The molecule has 3 rings (SSSR count). The number of amides is 3. The first-order valence-electron chi connectivity index (χ1n) is 8.13. The summed E-state index contributed by atoms with van der Waals surface area (Å²) in [5, 5.41) is 8.97. The highest BCUT2D eigenvalue weighted by molar-refractivity contribution is 6.22. The molecule has 2 aliphatic heterocycles. The molecule has 1 N–H and O–H groups in total. The van der Waals surface area contributed by atoms with Crippen LogP contribution in [0.4, 0.5) is 0 Å². The number of piperazine rings is 1. The Labute approximate surface area is 140 Å². The van der Waals surface area contributed by atoms with Crippen LogP contribution in [-0.2, 0) is 4.79 Å². The van der Waals surface area contributed by atoms with Crippen molar-refractivity contribution in [2.24, 2.45) is 0 Å². The normalized spacial score (nSPS) is 19.6. The maximum Gasteiger partial charge on any atom is 0.262 e. The lowest BCUT2D eigenvalue weighted by Gasteiger charge is -2.36. The summed E-state index contributed by atoms with van der Waals surface area (Å²) in [6.45, 7) is 4.72. The molecule has 1 aromatic carbocycles. The third kappa shape index (κ3) is 2.81. The SMILES string of the molecule is C[C@@H](C(=O)N1CCN(CCO)CC1)N1C(=O)c2ccccc2C1=O. The zero-order valence-electron chi connectivity index (χ0n) is 13.6. The van der Waals surface area contributed by atoms with E-state index >= 15 is 0 Å². The predicted octanol–water partition coefficient (Wildman–Crippen LogP) is -0.192. The summed E-state index contributed by atoms with van der Waals surface area (Å²) in [5.41, 5.74) is 0.713. The summed E-state index contributed by atoms with van der Waals surface area (Å²) in [5.74, 6) is -1.03. The van der Waals surface area contributed by atoms with Crippen LogP contribution >= 0.6 is 0 Å². The minimum atomic E-state index is -0.818. The first-order valence-corrected chi connectivity index (χ1v) is 8.13. The number of rotatable bonds is 4. The molecule has 7 heteroatoms. The molecule has 24 heavy (non-hydrogen) atoms. The molecule has 1 atom stereocenters. The van der Waals surface area contributed by atoms with E-state index in [0.29, 0.717) is 43.9 Å². The van der Waals surface area contributed by atoms with Crippen molar-refractivity contribution in [3.05, 3.63) is 35.4 Å². The van der Waals surface area contributed by atoms with Crippen molar-refractivity contribution in [3.8, 4) is 0 Å². The van der Waals surface area contributed by atoms with E-state index in [1.165, 1.54) is 0 Å². The number of carbonyl (C=O) groups is 3. The molecule has 1 fully saturated rings. The molecular formula is C17H21N3O4. The molecule has 0 bridgehead atoms. The topological polar surface area (TPSA) is 81.2 Å². The van der Waals surface area contributed by atoms with E-state index in [2.05, 4.69) is 4.90 Å². The molecule has 0 saturated carbocycles. The van der Waals surface area contributed by atoms with Crippen molar-refractivity contribution in [2.75, 3.05) is 39.3 Å². The van der Waals surface area contributed by atoms with E-state index in [1.54, 1.807) is 36.1 Å². The van der Waals surface area contributed by atoms with E-state index in [-0.39, 0.29) is 12.5 Å². The van der Waals surface area contributed by atoms with Gasteiger partial charge in [-0.15, -0.1) is 0 Å². The quantitative estimate of drug-likeness (QED) is 0.774. The minimum absolute atomic E-state index is 0.0966. The standard InChI is InChI=1S/C17H21N3O4/c1-12(15(22)19-8-6-18(7-9-19)10-11-21)20-16(23)13-4-2-3-5-14(13)17(20)24/h2-5,12,21H,6-11H2,1H3/t12-/m0/s1. The van der Waals surface area contributed by atoms with Crippen molar-refractivity contribution in [3.63, 3.8) is 0 Å². The van der Waals surface area contributed by atoms with E-state index < -0.39 is 17.9 Å². The van der Waals surface area contributed by atoms with Crippen LogP contribution < -0.4 is 0 Å². The van der Waals surface area contributed by atoms with Crippen LogP contribution in [0.5, 0.6) is 0 Å². The maximum atomic E-state index is 12.7. The van der Waals surface area contributed by atoms with Crippen LogP contribution in [0.15, 0.2) is 24.3 Å². The molecule has 0 aromatic heterocycles. The summed E-state index contributed by atoms with van der Waals surface area (Å²) in [7, 11) is 0. The van der Waals surface area contributed by atoms with Gasteiger partial charge in [0.15, 0.2) is 0 Å². The van der Waals surface area contributed by atoms with Gasteiger partial charge in [-0.1, -0.05) is 12.1 Å². The highest BCUT2D eigenvalue weighted by Crippen LogP contribution is 2.25. The molecule has 0 radical (unpaired) electrons. The van der Waals surface area contributed by atoms with Gasteiger partial charge < -0.3 is 10.0 Å². The zero-order chi connectivity index (χ0) is 17.3. The Morgan fingerprint density at radius 3 is 2.12 bits per heavy atom.